The third kappa shape index (κ3) is 6.61. The van der Waals surface area contributed by atoms with Crippen LogP contribution < -0.4 is 9.64 Å². The summed E-state index contributed by atoms with van der Waals surface area (Å²) in [5.74, 6) is 0.216. The average molecular weight is 509 g/mol. The highest BCUT2D eigenvalue weighted by molar-refractivity contribution is 7.22. The molecule has 0 unspecified atom stereocenters. The summed E-state index contributed by atoms with van der Waals surface area (Å²) >= 11 is 19.6. The number of thiazole rings is 1. The Kier molecular flexibility index (Phi) is 9.47. The molecule has 0 N–H and O–H groups in total. The Balaban J connectivity index is 0.00000320. The van der Waals surface area contributed by atoms with E-state index in [1.54, 1.807) is 29.2 Å². The number of benzene rings is 2. The number of hydrogen-bond acceptors (Lipinski definition) is 5. The van der Waals surface area contributed by atoms with Gasteiger partial charge in [0.15, 0.2) is 11.7 Å². The van der Waals surface area contributed by atoms with E-state index in [-0.39, 0.29) is 24.9 Å². The zero-order valence-corrected chi connectivity index (χ0v) is 20.3. The summed E-state index contributed by atoms with van der Waals surface area (Å²) in [7, 11) is 4.00. The largest absolute Gasteiger partial charge is 0.482 e. The van der Waals surface area contributed by atoms with Crippen molar-refractivity contribution in [2.24, 2.45) is 0 Å². The van der Waals surface area contributed by atoms with Crippen LogP contribution in [0.3, 0.4) is 0 Å². The van der Waals surface area contributed by atoms with Gasteiger partial charge >= 0.3 is 0 Å². The van der Waals surface area contributed by atoms with Gasteiger partial charge in [-0.05, 0) is 63.5 Å². The highest BCUT2D eigenvalue weighted by Crippen LogP contribution is 2.31. The minimum atomic E-state index is -0.195. The standard InChI is InChI=1S/C20H20Cl3N3O2S.ClH/c1-25(2)8-3-9-26(20-24-16-6-4-14(22)11-18(16)29-20)19(27)12-28-17-7-5-13(21)10-15(17)23;/h4-7,10-11H,3,8-9,12H2,1-2H3;1H. The molecule has 0 aliphatic heterocycles. The van der Waals surface area contributed by atoms with E-state index in [1.807, 2.05) is 26.2 Å². The van der Waals surface area contributed by atoms with Gasteiger partial charge in [-0.25, -0.2) is 4.98 Å². The van der Waals surface area contributed by atoms with Crippen LogP contribution in [0.15, 0.2) is 36.4 Å². The van der Waals surface area contributed by atoms with Crippen molar-refractivity contribution in [2.45, 2.75) is 6.42 Å². The molecule has 0 saturated heterocycles. The zero-order chi connectivity index (χ0) is 21.0. The number of halogens is 4. The van der Waals surface area contributed by atoms with Crippen molar-refractivity contribution in [2.75, 3.05) is 38.7 Å². The molecule has 0 aliphatic rings. The molecule has 30 heavy (non-hydrogen) atoms. The Bertz CT molecular complexity index is 1010. The lowest BCUT2D eigenvalue weighted by Gasteiger charge is -2.21. The topological polar surface area (TPSA) is 45.7 Å². The fraction of sp³-hybridized carbons (Fsp3) is 0.300. The second kappa shape index (κ2) is 11.4. The van der Waals surface area contributed by atoms with Crippen molar-refractivity contribution >= 4 is 79.8 Å². The molecule has 0 fully saturated rings. The number of carbonyl (C=O) groups is 1. The molecular formula is C20H21Cl4N3O2S. The monoisotopic (exact) mass is 507 g/mol. The van der Waals surface area contributed by atoms with Crippen molar-refractivity contribution < 1.29 is 9.53 Å². The van der Waals surface area contributed by atoms with Crippen LogP contribution in [0.25, 0.3) is 10.2 Å². The summed E-state index contributed by atoms with van der Waals surface area (Å²) in [6, 6.07) is 10.4. The summed E-state index contributed by atoms with van der Waals surface area (Å²) in [6.07, 6.45) is 0.803. The molecule has 0 saturated carbocycles. The molecular weight excluding hydrogens is 488 g/mol. The summed E-state index contributed by atoms with van der Waals surface area (Å²) in [5.41, 5.74) is 0.807. The molecule has 0 atom stereocenters. The number of rotatable bonds is 8. The molecule has 0 bridgehead atoms. The quantitative estimate of drug-likeness (QED) is 0.372. The van der Waals surface area contributed by atoms with Crippen molar-refractivity contribution in [1.29, 1.82) is 0 Å². The number of anilines is 1. The van der Waals surface area contributed by atoms with Crippen LogP contribution in [-0.2, 0) is 4.79 Å². The lowest BCUT2D eigenvalue weighted by Crippen LogP contribution is -2.36. The Labute approximate surface area is 200 Å². The third-order valence-electron chi connectivity index (χ3n) is 4.10. The van der Waals surface area contributed by atoms with Crippen LogP contribution in [0.4, 0.5) is 5.13 Å². The van der Waals surface area contributed by atoms with E-state index < -0.39 is 0 Å². The van der Waals surface area contributed by atoms with Crippen LogP contribution in [0, 0.1) is 0 Å². The van der Waals surface area contributed by atoms with Crippen LogP contribution in [0.1, 0.15) is 6.42 Å². The Morgan fingerprint density at radius 1 is 1.07 bits per heavy atom. The average Bonchev–Trinajstić information content (AvgIpc) is 3.06. The van der Waals surface area contributed by atoms with E-state index >= 15 is 0 Å². The van der Waals surface area contributed by atoms with Gasteiger partial charge in [0.25, 0.3) is 5.91 Å². The molecule has 0 spiro atoms. The highest BCUT2D eigenvalue weighted by Gasteiger charge is 2.21. The molecule has 0 aliphatic carbocycles. The van der Waals surface area contributed by atoms with E-state index in [0.29, 0.717) is 32.5 Å². The molecule has 1 amide bonds. The van der Waals surface area contributed by atoms with E-state index in [0.717, 1.165) is 23.2 Å². The van der Waals surface area contributed by atoms with Gasteiger partial charge in [0.05, 0.1) is 15.2 Å². The number of ether oxygens (including phenoxy) is 1. The van der Waals surface area contributed by atoms with E-state index in [1.165, 1.54) is 11.3 Å². The van der Waals surface area contributed by atoms with E-state index in [9.17, 15) is 4.79 Å². The van der Waals surface area contributed by atoms with E-state index in [2.05, 4.69) is 9.88 Å². The Hall–Kier alpha value is -1.28. The van der Waals surface area contributed by atoms with Crippen molar-refractivity contribution in [3.63, 3.8) is 0 Å². The number of hydrogen-bond donors (Lipinski definition) is 0. The molecule has 10 heteroatoms. The van der Waals surface area contributed by atoms with Crippen molar-refractivity contribution in [3.8, 4) is 5.75 Å². The smallest absolute Gasteiger partial charge is 0.266 e. The third-order valence-corrected chi connectivity index (χ3v) is 5.91. The zero-order valence-electron chi connectivity index (χ0n) is 16.4. The van der Waals surface area contributed by atoms with Gasteiger partial charge < -0.3 is 9.64 Å². The maximum atomic E-state index is 13.0. The maximum Gasteiger partial charge on any atom is 0.266 e. The highest BCUT2D eigenvalue weighted by atomic mass is 35.5. The van der Waals surface area contributed by atoms with Gasteiger partial charge in [-0.1, -0.05) is 46.1 Å². The molecule has 1 aromatic heterocycles. The number of aromatic nitrogens is 1. The van der Waals surface area contributed by atoms with Crippen LogP contribution in [-0.4, -0.2) is 49.6 Å². The lowest BCUT2D eigenvalue weighted by atomic mass is 10.3. The fourth-order valence-corrected chi connectivity index (χ4v) is 4.43. The van der Waals surface area contributed by atoms with Gasteiger partial charge in [-0.15, -0.1) is 12.4 Å². The second-order valence-corrected chi connectivity index (χ2v) is 8.96. The number of fused-ring (bicyclic) bond motifs is 1. The molecule has 3 rings (SSSR count). The molecule has 2 aromatic carbocycles. The molecule has 3 aromatic rings. The minimum absolute atomic E-state index is 0. The number of nitrogens with zero attached hydrogens (tertiary/aromatic N) is 3. The van der Waals surface area contributed by atoms with Crippen LogP contribution >= 0.6 is 58.5 Å². The maximum absolute atomic E-state index is 13.0. The van der Waals surface area contributed by atoms with Crippen LogP contribution in [0.5, 0.6) is 5.75 Å². The first-order valence-corrected chi connectivity index (χ1v) is 10.9. The van der Waals surface area contributed by atoms with Gasteiger partial charge in [0, 0.05) is 16.6 Å². The van der Waals surface area contributed by atoms with Crippen molar-refractivity contribution in [1.82, 2.24) is 9.88 Å². The minimum Gasteiger partial charge on any atom is -0.482 e. The summed E-state index contributed by atoms with van der Waals surface area (Å²) in [6.45, 7) is 1.23. The predicted octanol–water partition coefficient (Wildman–Crippen LogP) is 6.04. The van der Waals surface area contributed by atoms with Gasteiger partial charge in [0.2, 0.25) is 0 Å². The number of carbonyl (C=O) groups excluding carboxylic acids is 1. The molecule has 0 radical (unpaired) electrons. The summed E-state index contributed by atoms with van der Waals surface area (Å²) < 4.78 is 6.57. The van der Waals surface area contributed by atoms with Gasteiger partial charge in [0.1, 0.15) is 5.75 Å². The first-order chi connectivity index (χ1) is 13.8. The van der Waals surface area contributed by atoms with E-state index in [4.69, 9.17) is 39.5 Å². The first kappa shape index (κ1) is 25.0. The normalized spacial score (nSPS) is 10.9. The molecule has 5 nitrogen and oxygen atoms in total. The van der Waals surface area contributed by atoms with Gasteiger partial charge in [-0.3, -0.25) is 9.69 Å². The number of amides is 1. The second-order valence-electron chi connectivity index (χ2n) is 6.67. The fourth-order valence-electron chi connectivity index (χ4n) is 2.68. The summed E-state index contributed by atoms with van der Waals surface area (Å²) in [4.78, 5) is 21.3. The van der Waals surface area contributed by atoms with Crippen LogP contribution in [0.2, 0.25) is 15.1 Å². The Morgan fingerprint density at radius 3 is 2.47 bits per heavy atom. The Morgan fingerprint density at radius 2 is 1.77 bits per heavy atom. The van der Waals surface area contributed by atoms with Crippen molar-refractivity contribution in [3.05, 3.63) is 51.5 Å². The first-order valence-electron chi connectivity index (χ1n) is 8.92. The SMILES string of the molecule is CN(C)CCCN(C(=O)COc1ccc(Cl)cc1Cl)c1nc2ccc(Cl)cc2s1.Cl. The predicted molar refractivity (Wildman–Crippen MR) is 129 cm³/mol. The molecule has 1 heterocycles. The van der Waals surface area contributed by atoms with Gasteiger partial charge in [-0.2, -0.15) is 0 Å². The lowest BCUT2D eigenvalue weighted by molar-refractivity contribution is -0.120. The molecule has 162 valence electrons. The summed E-state index contributed by atoms with van der Waals surface area (Å²) in [5, 5.41) is 2.13.